The lowest BCUT2D eigenvalue weighted by Crippen LogP contribution is -2.50. The lowest BCUT2D eigenvalue weighted by Gasteiger charge is -2.41. The van der Waals surface area contributed by atoms with E-state index in [1.807, 2.05) is 42.3 Å². The Morgan fingerprint density at radius 2 is 1.96 bits per heavy atom. The highest BCUT2D eigenvalue weighted by molar-refractivity contribution is 5.90. The Balaban J connectivity index is 2.26. The second-order valence-electron chi connectivity index (χ2n) is 6.89. The lowest BCUT2D eigenvalue weighted by molar-refractivity contribution is -0.125. The maximum absolute atomic E-state index is 11.9. The quantitative estimate of drug-likeness (QED) is 0.834. The predicted molar refractivity (Wildman–Crippen MR) is 94.8 cm³/mol. The maximum Gasteiger partial charge on any atom is 0.246 e. The smallest absolute Gasteiger partial charge is 0.246 e. The fourth-order valence-electron chi connectivity index (χ4n) is 3.32. The molecule has 1 aliphatic heterocycles. The number of carbonyl (C=O) groups is 1. The Kier molecular flexibility index (Phi) is 5.34. The second kappa shape index (κ2) is 7.07. The molecule has 1 aliphatic rings. The number of carbonyl (C=O) groups excluding carboxylic acids is 1. The van der Waals surface area contributed by atoms with Gasteiger partial charge in [0.2, 0.25) is 5.91 Å². The number of anilines is 1. The molecule has 1 heterocycles. The van der Waals surface area contributed by atoms with Crippen LogP contribution in [0.5, 0.6) is 5.75 Å². The van der Waals surface area contributed by atoms with Gasteiger partial charge in [0.15, 0.2) is 0 Å². The van der Waals surface area contributed by atoms with Crippen molar-refractivity contribution in [2.45, 2.75) is 45.7 Å². The van der Waals surface area contributed by atoms with Gasteiger partial charge in [-0.05, 0) is 36.1 Å². The number of amides is 1. The Morgan fingerprint density at radius 1 is 1.30 bits per heavy atom. The van der Waals surface area contributed by atoms with E-state index in [0.717, 1.165) is 24.3 Å². The molecule has 0 saturated heterocycles. The molecule has 0 fully saturated rings. The summed E-state index contributed by atoms with van der Waals surface area (Å²) in [5.74, 6) is 0.914. The van der Waals surface area contributed by atoms with Crippen LogP contribution in [-0.4, -0.2) is 37.0 Å². The van der Waals surface area contributed by atoms with Crippen molar-refractivity contribution in [3.8, 4) is 5.75 Å². The molecule has 0 bridgehead atoms. The minimum absolute atomic E-state index is 0.0581. The fraction of sp³-hybridized carbons (Fsp3) is 0.526. The maximum atomic E-state index is 11.9. The van der Waals surface area contributed by atoms with Gasteiger partial charge in [0.1, 0.15) is 5.75 Å². The van der Waals surface area contributed by atoms with Gasteiger partial charge in [0, 0.05) is 18.8 Å². The Hall–Kier alpha value is -1.97. The summed E-state index contributed by atoms with van der Waals surface area (Å²) in [4.78, 5) is 13.7. The summed E-state index contributed by atoms with van der Waals surface area (Å²) in [6.07, 6.45) is 5.89. The molecule has 126 valence electrons. The SMILES string of the molecule is CCCC(C)(C)[C@@H](Nc1ccc(OC)cc1)[C@@H]1C=CC(=O)N1C. The first-order chi connectivity index (χ1) is 10.9. The first-order valence-corrected chi connectivity index (χ1v) is 8.24. The molecule has 1 aromatic carbocycles. The number of hydrogen-bond acceptors (Lipinski definition) is 3. The number of methoxy groups -OCH3 is 1. The van der Waals surface area contributed by atoms with Gasteiger partial charge in [-0.15, -0.1) is 0 Å². The molecule has 0 radical (unpaired) electrons. The summed E-state index contributed by atoms with van der Waals surface area (Å²) in [5.41, 5.74) is 1.10. The van der Waals surface area contributed by atoms with Crippen LogP contribution in [0.25, 0.3) is 0 Å². The summed E-state index contributed by atoms with van der Waals surface area (Å²) in [7, 11) is 3.54. The van der Waals surface area contributed by atoms with Crippen molar-refractivity contribution in [3.63, 3.8) is 0 Å². The first-order valence-electron chi connectivity index (χ1n) is 8.24. The Bertz CT molecular complexity index is 563. The van der Waals surface area contributed by atoms with Gasteiger partial charge in [-0.3, -0.25) is 4.79 Å². The minimum atomic E-state index is 0.0581. The lowest BCUT2D eigenvalue weighted by atomic mass is 9.76. The molecule has 23 heavy (non-hydrogen) atoms. The molecule has 4 nitrogen and oxygen atoms in total. The van der Waals surface area contributed by atoms with Crippen molar-refractivity contribution in [2.75, 3.05) is 19.5 Å². The fourth-order valence-corrected chi connectivity index (χ4v) is 3.32. The van der Waals surface area contributed by atoms with E-state index in [1.54, 1.807) is 13.2 Å². The molecule has 2 atom stereocenters. The first kappa shape index (κ1) is 17.4. The van der Waals surface area contributed by atoms with Gasteiger partial charge in [0.05, 0.1) is 19.2 Å². The molecular formula is C19H28N2O2. The van der Waals surface area contributed by atoms with Crippen molar-refractivity contribution < 1.29 is 9.53 Å². The van der Waals surface area contributed by atoms with Gasteiger partial charge in [-0.25, -0.2) is 0 Å². The number of nitrogens with one attached hydrogen (secondary N) is 1. The van der Waals surface area contributed by atoms with Crippen LogP contribution in [0.3, 0.4) is 0 Å². The summed E-state index contributed by atoms with van der Waals surface area (Å²) in [5, 5.41) is 3.65. The zero-order valence-corrected chi connectivity index (χ0v) is 14.8. The molecule has 0 unspecified atom stereocenters. The summed E-state index contributed by atoms with van der Waals surface area (Å²) in [6.45, 7) is 6.73. The van der Waals surface area contributed by atoms with Gasteiger partial charge in [-0.2, -0.15) is 0 Å². The zero-order valence-electron chi connectivity index (χ0n) is 14.8. The average molecular weight is 316 g/mol. The molecule has 1 aromatic rings. The monoisotopic (exact) mass is 316 g/mol. The van der Waals surface area contributed by atoms with Crippen LogP contribution in [0.4, 0.5) is 5.69 Å². The van der Waals surface area contributed by atoms with E-state index in [-0.39, 0.29) is 23.4 Å². The molecule has 0 aromatic heterocycles. The zero-order chi connectivity index (χ0) is 17.0. The van der Waals surface area contributed by atoms with Crippen LogP contribution in [0, 0.1) is 5.41 Å². The van der Waals surface area contributed by atoms with Crippen molar-refractivity contribution in [1.82, 2.24) is 4.90 Å². The number of rotatable bonds is 7. The van der Waals surface area contributed by atoms with Crippen LogP contribution in [-0.2, 0) is 4.79 Å². The number of ether oxygens (including phenoxy) is 1. The second-order valence-corrected chi connectivity index (χ2v) is 6.89. The van der Waals surface area contributed by atoms with E-state index in [1.165, 1.54) is 0 Å². The van der Waals surface area contributed by atoms with E-state index < -0.39 is 0 Å². The minimum Gasteiger partial charge on any atom is -0.497 e. The van der Waals surface area contributed by atoms with Gasteiger partial charge < -0.3 is 15.0 Å². The van der Waals surface area contributed by atoms with E-state index in [4.69, 9.17) is 4.74 Å². The summed E-state index contributed by atoms with van der Waals surface area (Å²) >= 11 is 0. The number of likely N-dealkylation sites (N-methyl/N-ethyl adjacent to an activating group) is 1. The Labute approximate surface area is 139 Å². The van der Waals surface area contributed by atoms with Gasteiger partial charge in [-0.1, -0.05) is 33.3 Å². The van der Waals surface area contributed by atoms with Crippen LogP contribution in [0.15, 0.2) is 36.4 Å². The highest BCUT2D eigenvalue weighted by Crippen LogP contribution is 2.34. The molecule has 1 N–H and O–H groups in total. The molecule has 0 aliphatic carbocycles. The third kappa shape index (κ3) is 3.87. The third-order valence-corrected chi connectivity index (χ3v) is 4.72. The van der Waals surface area contributed by atoms with Crippen molar-refractivity contribution in [3.05, 3.63) is 36.4 Å². The van der Waals surface area contributed by atoms with E-state index in [0.29, 0.717) is 0 Å². The number of benzene rings is 1. The molecule has 4 heteroatoms. The number of nitrogens with zero attached hydrogens (tertiary/aromatic N) is 1. The van der Waals surface area contributed by atoms with E-state index in [2.05, 4.69) is 26.1 Å². The standard InChI is InChI=1S/C19H28N2O2/c1-6-13-19(2,3)18(16-11-12-17(22)21(16)4)20-14-7-9-15(23-5)10-8-14/h7-12,16,18,20H,6,13H2,1-5H3/t16-,18-/m0/s1. The highest BCUT2D eigenvalue weighted by Gasteiger charge is 2.39. The molecule has 1 amide bonds. The number of hydrogen-bond donors (Lipinski definition) is 1. The molecular weight excluding hydrogens is 288 g/mol. The van der Waals surface area contributed by atoms with E-state index in [9.17, 15) is 4.79 Å². The predicted octanol–water partition coefficient (Wildman–Crippen LogP) is 3.70. The van der Waals surface area contributed by atoms with Crippen LogP contribution in [0.2, 0.25) is 0 Å². The third-order valence-electron chi connectivity index (χ3n) is 4.72. The van der Waals surface area contributed by atoms with Crippen LogP contribution < -0.4 is 10.1 Å². The molecule has 0 saturated carbocycles. The largest absolute Gasteiger partial charge is 0.497 e. The van der Waals surface area contributed by atoms with Crippen molar-refractivity contribution >= 4 is 11.6 Å². The Morgan fingerprint density at radius 3 is 2.43 bits per heavy atom. The van der Waals surface area contributed by atoms with Crippen LogP contribution in [0.1, 0.15) is 33.6 Å². The van der Waals surface area contributed by atoms with Gasteiger partial charge in [0.25, 0.3) is 0 Å². The highest BCUT2D eigenvalue weighted by atomic mass is 16.5. The topological polar surface area (TPSA) is 41.6 Å². The van der Waals surface area contributed by atoms with Gasteiger partial charge >= 0.3 is 0 Å². The van der Waals surface area contributed by atoms with Crippen molar-refractivity contribution in [2.24, 2.45) is 5.41 Å². The summed E-state index contributed by atoms with van der Waals surface area (Å²) < 4.78 is 5.22. The van der Waals surface area contributed by atoms with Crippen molar-refractivity contribution in [1.29, 1.82) is 0 Å². The summed E-state index contributed by atoms with van der Waals surface area (Å²) in [6, 6.07) is 8.15. The van der Waals surface area contributed by atoms with E-state index >= 15 is 0 Å². The van der Waals surface area contributed by atoms with Crippen LogP contribution >= 0.6 is 0 Å². The molecule has 2 rings (SSSR count). The average Bonchev–Trinajstić information content (AvgIpc) is 2.85. The normalized spacial score (nSPS) is 19.1. The molecule has 0 spiro atoms.